The van der Waals surface area contributed by atoms with Crippen molar-refractivity contribution in [3.05, 3.63) is 71.6 Å². The van der Waals surface area contributed by atoms with Crippen LogP contribution in [0.25, 0.3) is 22.6 Å². The molecule has 4 aromatic rings. The topological polar surface area (TPSA) is 89.8 Å². The van der Waals surface area contributed by atoms with E-state index in [0.29, 0.717) is 12.2 Å². The summed E-state index contributed by atoms with van der Waals surface area (Å²) in [5, 5.41) is 0. The zero-order valence-electron chi connectivity index (χ0n) is 14.7. The van der Waals surface area contributed by atoms with Crippen molar-refractivity contribution in [3.63, 3.8) is 0 Å². The largest absolute Gasteiger partial charge is 0.307 e. The molecule has 0 aliphatic heterocycles. The molecule has 1 aromatic carbocycles. The fraction of sp³-hybridized carbons (Fsp3) is 0.105. The van der Waals surface area contributed by atoms with E-state index in [1.54, 1.807) is 42.9 Å². The van der Waals surface area contributed by atoms with Gasteiger partial charge in [-0.2, -0.15) is 0 Å². The van der Waals surface area contributed by atoms with Crippen molar-refractivity contribution in [3.8, 4) is 11.4 Å². The van der Waals surface area contributed by atoms with E-state index >= 15 is 0 Å². The Morgan fingerprint density at radius 2 is 1.75 bits per heavy atom. The maximum absolute atomic E-state index is 12.5. The van der Waals surface area contributed by atoms with E-state index in [-0.39, 0.29) is 11.4 Å². The van der Waals surface area contributed by atoms with Gasteiger partial charge in [-0.1, -0.05) is 15.9 Å². The van der Waals surface area contributed by atoms with E-state index in [2.05, 4.69) is 35.6 Å². The number of rotatable bonds is 6. The lowest BCUT2D eigenvalue weighted by molar-refractivity contribution is 0.574. The van der Waals surface area contributed by atoms with Crippen LogP contribution in [0, 0.1) is 0 Å². The van der Waals surface area contributed by atoms with Gasteiger partial charge in [0.25, 0.3) is 0 Å². The Kier molecular flexibility index (Phi) is 5.21. The van der Waals surface area contributed by atoms with Crippen molar-refractivity contribution < 1.29 is 8.42 Å². The average molecular weight is 458 g/mol. The summed E-state index contributed by atoms with van der Waals surface area (Å²) in [6.45, 7) is 0.597. The van der Waals surface area contributed by atoms with Crippen LogP contribution in [0.1, 0.15) is 0 Å². The van der Waals surface area contributed by atoms with Gasteiger partial charge in [-0.05, 0) is 48.5 Å². The zero-order chi connectivity index (χ0) is 19.6. The molecule has 4 rings (SSSR count). The molecular formula is C19H16BrN5O2S. The molecule has 0 radical (unpaired) electrons. The molecule has 0 aliphatic carbocycles. The third-order valence-electron chi connectivity index (χ3n) is 4.19. The van der Waals surface area contributed by atoms with Crippen LogP contribution in [-0.2, 0) is 16.6 Å². The van der Waals surface area contributed by atoms with Gasteiger partial charge in [0.05, 0.1) is 4.90 Å². The molecule has 0 saturated carbocycles. The molecule has 0 atom stereocenters. The summed E-state index contributed by atoms with van der Waals surface area (Å²) >= 11 is 3.31. The number of sulfonamides is 1. The van der Waals surface area contributed by atoms with E-state index in [1.807, 2.05) is 28.8 Å². The molecule has 28 heavy (non-hydrogen) atoms. The molecule has 3 heterocycles. The van der Waals surface area contributed by atoms with Gasteiger partial charge in [0.1, 0.15) is 11.3 Å². The van der Waals surface area contributed by atoms with Gasteiger partial charge in [-0.25, -0.2) is 23.1 Å². The zero-order valence-corrected chi connectivity index (χ0v) is 17.1. The SMILES string of the molecule is O=S(=O)(NCCn1c(-c2ccncc2)nc2cccnc21)c1ccc(Br)cc1. The summed E-state index contributed by atoms with van der Waals surface area (Å²) < 4.78 is 30.4. The molecule has 0 unspecified atom stereocenters. The van der Waals surface area contributed by atoms with Crippen molar-refractivity contribution >= 4 is 37.1 Å². The van der Waals surface area contributed by atoms with E-state index in [0.717, 1.165) is 21.4 Å². The minimum absolute atomic E-state index is 0.207. The van der Waals surface area contributed by atoms with Crippen molar-refractivity contribution in [2.45, 2.75) is 11.4 Å². The van der Waals surface area contributed by atoms with Gasteiger partial charge in [0.2, 0.25) is 10.0 Å². The molecule has 9 heteroatoms. The number of fused-ring (bicyclic) bond motifs is 1. The molecule has 7 nitrogen and oxygen atoms in total. The fourth-order valence-electron chi connectivity index (χ4n) is 2.88. The average Bonchev–Trinajstić information content (AvgIpc) is 3.08. The third-order valence-corrected chi connectivity index (χ3v) is 6.20. The Bertz CT molecular complexity index is 1210. The third kappa shape index (κ3) is 3.82. The molecule has 3 aromatic heterocycles. The summed E-state index contributed by atoms with van der Waals surface area (Å²) in [6, 6.07) is 14.0. The smallest absolute Gasteiger partial charge is 0.240 e. The normalized spacial score (nSPS) is 11.8. The lowest BCUT2D eigenvalue weighted by Crippen LogP contribution is -2.27. The highest BCUT2D eigenvalue weighted by atomic mass is 79.9. The maximum Gasteiger partial charge on any atom is 0.240 e. The molecule has 0 spiro atoms. The number of hydrogen-bond acceptors (Lipinski definition) is 5. The van der Waals surface area contributed by atoms with Crippen LogP contribution in [0.4, 0.5) is 0 Å². The predicted molar refractivity (Wildman–Crippen MR) is 110 cm³/mol. The second-order valence-electron chi connectivity index (χ2n) is 6.02. The van der Waals surface area contributed by atoms with E-state index < -0.39 is 10.0 Å². The van der Waals surface area contributed by atoms with Crippen LogP contribution in [0.5, 0.6) is 0 Å². The standard InChI is InChI=1S/C19H16BrN5O2S/c20-15-3-5-16(6-4-15)28(26,27)23-12-13-25-18(14-7-10-21-11-8-14)24-17-2-1-9-22-19(17)25/h1-11,23H,12-13H2. The Morgan fingerprint density at radius 1 is 1.00 bits per heavy atom. The van der Waals surface area contributed by atoms with Crippen molar-refractivity contribution in [2.75, 3.05) is 6.54 Å². The minimum Gasteiger partial charge on any atom is -0.307 e. The molecule has 0 fully saturated rings. The monoisotopic (exact) mass is 457 g/mol. The van der Waals surface area contributed by atoms with Gasteiger partial charge >= 0.3 is 0 Å². The number of imidazole rings is 1. The molecule has 0 saturated heterocycles. The summed E-state index contributed by atoms with van der Waals surface area (Å²) in [4.78, 5) is 13.3. The second kappa shape index (κ2) is 7.78. The maximum atomic E-state index is 12.5. The highest BCUT2D eigenvalue weighted by molar-refractivity contribution is 9.10. The van der Waals surface area contributed by atoms with E-state index in [1.165, 1.54) is 0 Å². The van der Waals surface area contributed by atoms with Crippen LogP contribution in [0.2, 0.25) is 0 Å². The van der Waals surface area contributed by atoms with Gasteiger partial charge in [-0.15, -0.1) is 0 Å². The lowest BCUT2D eigenvalue weighted by Gasteiger charge is -2.10. The quantitative estimate of drug-likeness (QED) is 0.479. The summed E-state index contributed by atoms with van der Waals surface area (Å²) in [6.07, 6.45) is 5.09. The van der Waals surface area contributed by atoms with Gasteiger partial charge in [-0.3, -0.25) is 4.98 Å². The fourth-order valence-corrected chi connectivity index (χ4v) is 4.17. The van der Waals surface area contributed by atoms with Crippen LogP contribution >= 0.6 is 15.9 Å². The number of pyridine rings is 2. The number of hydrogen-bond donors (Lipinski definition) is 1. The Morgan fingerprint density at radius 3 is 2.50 bits per heavy atom. The molecule has 0 aliphatic rings. The highest BCUT2D eigenvalue weighted by Gasteiger charge is 2.16. The first-order chi connectivity index (χ1) is 13.5. The summed E-state index contributed by atoms with van der Waals surface area (Å²) in [5.41, 5.74) is 2.35. The van der Waals surface area contributed by atoms with Gasteiger partial charge in [0, 0.05) is 41.7 Å². The first kappa shape index (κ1) is 18.7. The van der Waals surface area contributed by atoms with E-state index in [4.69, 9.17) is 0 Å². The molecule has 1 N–H and O–H groups in total. The Labute approximate surface area is 170 Å². The number of benzene rings is 1. The predicted octanol–water partition coefficient (Wildman–Crippen LogP) is 3.23. The van der Waals surface area contributed by atoms with E-state index in [9.17, 15) is 8.42 Å². The first-order valence-electron chi connectivity index (χ1n) is 8.51. The summed E-state index contributed by atoms with van der Waals surface area (Å²) in [7, 11) is -3.60. The van der Waals surface area contributed by atoms with Crippen LogP contribution in [0.15, 0.2) is 76.5 Å². The number of aromatic nitrogens is 4. The van der Waals surface area contributed by atoms with Crippen LogP contribution in [-0.4, -0.2) is 34.5 Å². The van der Waals surface area contributed by atoms with Crippen LogP contribution in [0.3, 0.4) is 0 Å². The molecular weight excluding hydrogens is 442 g/mol. The number of nitrogens with one attached hydrogen (secondary N) is 1. The summed E-state index contributed by atoms with van der Waals surface area (Å²) in [5.74, 6) is 0.721. The lowest BCUT2D eigenvalue weighted by atomic mass is 10.2. The van der Waals surface area contributed by atoms with Crippen molar-refractivity contribution in [1.82, 2.24) is 24.2 Å². The Hall–Kier alpha value is -2.62. The first-order valence-corrected chi connectivity index (χ1v) is 10.8. The van der Waals surface area contributed by atoms with Crippen molar-refractivity contribution in [2.24, 2.45) is 0 Å². The van der Waals surface area contributed by atoms with Crippen molar-refractivity contribution in [1.29, 1.82) is 0 Å². The molecule has 0 bridgehead atoms. The minimum atomic E-state index is -3.60. The highest BCUT2D eigenvalue weighted by Crippen LogP contribution is 2.23. The van der Waals surface area contributed by atoms with Gasteiger partial charge in [0.15, 0.2) is 5.65 Å². The number of nitrogens with zero attached hydrogens (tertiary/aromatic N) is 4. The molecule has 0 amide bonds. The molecule has 142 valence electrons. The Balaban J connectivity index is 1.60. The van der Waals surface area contributed by atoms with Gasteiger partial charge < -0.3 is 4.57 Å². The number of halogens is 1. The second-order valence-corrected chi connectivity index (χ2v) is 8.70. The van der Waals surface area contributed by atoms with Crippen LogP contribution < -0.4 is 4.72 Å².